The molecule has 1 amide bonds. The maximum absolute atomic E-state index is 13.0. The second-order valence-electron chi connectivity index (χ2n) is 7.44. The topological polar surface area (TPSA) is 50.8 Å². The Morgan fingerprint density at radius 1 is 1.10 bits per heavy atom. The van der Waals surface area contributed by atoms with E-state index in [2.05, 4.69) is 40.5 Å². The highest BCUT2D eigenvalue weighted by molar-refractivity contribution is 5.77. The molecule has 0 radical (unpaired) electrons. The van der Waals surface area contributed by atoms with Crippen LogP contribution in [0.5, 0.6) is 5.75 Å². The molecule has 1 heterocycles. The van der Waals surface area contributed by atoms with E-state index in [1.165, 1.54) is 5.56 Å². The summed E-state index contributed by atoms with van der Waals surface area (Å²) in [7, 11) is 1.70. The number of carbonyl (C=O) groups is 1. The number of ether oxygens (including phenoxy) is 2. The van der Waals surface area contributed by atoms with E-state index >= 15 is 0 Å². The fraction of sp³-hybridized carbons (Fsp3) is 0.458. The van der Waals surface area contributed by atoms with Crippen molar-refractivity contribution in [2.75, 3.05) is 40.0 Å². The average Bonchev–Trinajstić information content (AvgIpc) is 2.77. The van der Waals surface area contributed by atoms with Gasteiger partial charge >= 0.3 is 0 Å². The van der Waals surface area contributed by atoms with Crippen molar-refractivity contribution >= 4 is 5.91 Å². The number of hydrogen-bond donors (Lipinski definition) is 1. The first-order chi connectivity index (χ1) is 14.3. The smallest absolute Gasteiger partial charge is 0.223 e. The van der Waals surface area contributed by atoms with Crippen LogP contribution in [0.3, 0.4) is 0 Å². The van der Waals surface area contributed by atoms with Crippen molar-refractivity contribution in [2.24, 2.45) is 0 Å². The minimum absolute atomic E-state index is 0.208. The second-order valence-corrected chi connectivity index (χ2v) is 7.44. The lowest BCUT2D eigenvalue weighted by Crippen LogP contribution is -2.54. The normalized spacial score (nSPS) is 16.6. The van der Waals surface area contributed by atoms with E-state index < -0.39 is 0 Å². The molecule has 0 bridgehead atoms. The minimum Gasteiger partial charge on any atom is -0.493 e. The van der Waals surface area contributed by atoms with Crippen molar-refractivity contribution in [1.82, 2.24) is 10.2 Å². The Balaban J connectivity index is 1.56. The van der Waals surface area contributed by atoms with Gasteiger partial charge in [-0.2, -0.15) is 0 Å². The largest absolute Gasteiger partial charge is 0.493 e. The molecule has 5 heteroatoms. The number of amides is 1. The van der Waals surface area contributed by atoms with Crippen molar-refractivity contribution in [1.29, 1.82) is 0 Å². The third kappa shape index (κ3) is 6.58. The molecule has 2 aromatic rings. The summed E-state index contributed by atoms with van der Waals surface area (Å²) in [5.74, 6) is 1.10. The minimum atomic E-state index is 0.208. The fourth-order valence-corrected chi connectivity index (χ4v) is 3.78. The molecule has 1 N–H and O–H groups in total. The standard InChI is InChI=1S/C24H32N2O3/c1-28-16-7-17-29-23-11-6-5-10-21(23)12-13-24(27)26-15-14-25-19-22(26)18-20-8-3-2-4-9-20/h2-6,8-11,22,25H,7,12-19H2,1H3. The maximum Gasteiger partial charge on any atom is 0.223 e. The Kier molecular flexibility index (Phi) is 8.53. The lowest BCUT2D eigenvalue weighted by atomic mass is 10.0. The monoisotopic (exact) mass is 396 g/mol. The second kappa shape index (κ2) is 11.6. The van der Waals surface area contributed by atoms with Gasteiger partial charge in [-0.25, -0.2) is 0 Å². The van der Waals surface area contributed by atoms with Crippen LogP contribution in [0.4, 0.5) is 0 Å². The summed E-state index contributed by atoms with van der Waals surface area (Å²) in [6.45, 7) is 3.78. The van der Waals surface area contributed by atoms with Gasteiger partial charge < -0.3 is 19.7 Å². The molecular formula is C24H32N2O3. The number of piperazine rings is 1. The zero-order valence-electron chi connectivity index (χ0n) is 17.3. The summed E-state index contributed by atoms with van der Waals surface area (Å²) in [5.41, 5.74) is 2.36. The van der Waals surface area contributed by atoms with Crippen molar-refractivity contribution in [3.63, 3.8) is 0 Å². The molecule has 0 saturated carbocycles. The van der Waals surface area contributed by atoms with Crippen LogP contribution in [-0.2, 0) is 22.4 Å². The Hall–Kier alpha value is -2.37. The van der Waals surface area contributed by atoms with Crippen LogP contribution in [0.1, 0.15) is 24.0 Å². The van der Waals surface area contributed by atoms with Crippen LogP contribution >= 0.6 is 0 Å². The van der Waals surface area contributed by atoms with Gasteiger partial charge in [-0.1, -0.05) is 48.5 Å². The summed E-state index contributed by atoms with van der Waals surface area (Å²) in [5, 5.41) is 3.43. The molecule has 29 heavy (non-hydrogen) atoms. The number of methoxy groups -OCH3 is 1. The first-order valence-corrected chi connectivity index (χ1v) is 10.5. The highest BCUT2D eigenvalue weighted by Gasteiger charge is 2.26. The van der Waals surface area contributed by atoms with E-state index in [4.69, 9.17) is 9.47 Å². The van der Waals surface area contributed by atoms with Gasteiger partial charge in [0.2, 0.25) is 5.91 Å². The molecule has 0 spiro atoms. The van der Waals surface area contributed by atoms with Crippen LogP contribution in [0.25, 0.3) is 0 Å². The molecule has 3 rings (SSSR count). The third-order valence-electron chi connectivity index (χ3n) is 5.32. The summed E-state index contributed by atoms with van der Waals surface area (Å²) in [6, 6.07) is 18.6. The van der Waals surface area contributed by atoms with E-state index in [0.717, 1.165) is 43.8 Å². The van der Waals surface area contributed by atoms with Gasteiger partial charge in [0.1, 0.15) is 5.75 Å². The van der Waals surface area contributed by atoms with E-state index in [9.17, 15) is 4.79 Å². The van der Waals surface area contributed by atoms with Gasteiger partial charge in [0.25, 0.3) is 0 Å². The molecule has 1 unspecified atom stereocenters. The molecule has 1 aliphatic rings. The predicted octanol–water partition coefficient (Wildman–Crippen LogP) is 3.08. The number of rotatable bonds is 10. The van der Waals surface area contributed by atoms with Crippen molar-refractivity contribution in [2.45, 2.75) is 31.7 Å². The van der Waals surface area contributed by atoms with Crippen LogP contribution in [0.15, 0.2) is 54.6 Å². The number of nitrogens with one attached hydrogen (secondary N) is 1. The van der Waals surface area contributed by atoms with Crippen LogP contribution < -0.4 is 10.1 Å². The first kappa shape index (κ1) is 21.3. The predicted molar refractivity (Wildman–Crippen MR) is 115 cm³/mol. The molecule has 2 aromatic carbocycles. The third-order valence-corrected chi connectivity index (χ3v) is 5.32. The van der Waals surface area contributed by atoms with Gasteiger partial charge in [-0.05, 0) is 30.0 Å². The molecule has 1 aliphatic heterocycles. The lowest BCUT2D eigenvalue weighted by molar-refractivity contribution is -0.134. The van der Waals surface area contributed by atoms with Gasteiger partial charge in [0.05, 0.1) is 6.61 Å². The van der Waals surface area contributed by atoms with Crippen LogP contribution in [0.2, 0.25) is 0 Å². The lowest BCUT2D eigenvalue weighted by Gasteiger charge is -2.36. The molecular weight excluding hydrogens is 364 g/mol. The summed E-state index contributed by atoms with van der Waals surface area (Å²) >= 11 is 0. The summed E-state index contributed by atoms with van der Waals surface area (Å²) < 4.78 is 11.0. The molecule has 156 valence electrons. The number of benzene rings is 2. The van der Waals surface area contributed by atoms with Gasteiger partial charge in [-0.15, -0.1) is 0 Å². The number of para-hydroxylation sites is 1. The molecule has 1 atom stereocenters. The van der Waals surface area contributed by atoms with Gasteiger partial charge in [-0.3, -0.25) is 4.79 Å². The number of nitrogens with zero attached hydrogens (tertiary/aromatic N) is 1. The summed E-state index contributed by atoms with van der Waals surface area (Å²) in [6.07, 6.45) is 2.94. The van der Waals surface area contributed by atoms with Crippen molar-refractivity contribution in [3.8, 4) is 5.75 Å². The van der Waals surface area contributed by atoms with Crippen molar-refractivity contribution in [3.05, 3.63) is 65.7 Å². The fourth-order valence-electron chi connectivity index (χ4n) is 3.78. The zero-order chi connectivity index (χ0) is 20.3. The Morgan fingerprint density at radius 3 is 2.72 bits per heavy atom. The maximum atomic E-state index is 13.0. The number of hydrogen-bond acceptors (Lipinski definition) is 4. The molecule has 1 saturated heterocycles. The van der Waals surface area contributed by atoms with Gasteiger partial charge in [0, 0.05) is 52.2 Å². The van der Waals surface area contributed by atoms with Crippen LogP contribution in [0, 0.1) is 0 Å². The Labute approximate surface area is 174 Å². The van der Waals surface area contributed by atoms with Crippen molar-refractivity contribution < 1.29 is 14.3 Å². The molecule has 1 fully saturated rings. The number of carbonyl (C=O) groups excluding carboxylic acids is 1. The summed E-state index contributed by atoms with van der Waals surface area (Å²) in [4.78, 5) is 15.1. The van der Waals surface area contributed by atoms with E-state index in [-0.39, 0.29) is 11.9 Å². The molecule has 0 aliphatic carbocycles. The van der Waals surface area contributed by atoms with E-state index in [1.807, 2.05) is 24.3 Å². The highest BCUT2D eigenvalue weighted by Crippen LogP contribution is 2.21. The Bertz CT molecular complexity index is 751. The SMILES string of the molecule is COCCCOc1ccccc1CCC(=O)N1CCNCC1Cc1ccccc1. The van der Waals surface area contributed by atoms with Gasteiger partial charge in [0.15, 0.2) is 0 Å². The quantitative estimate of drug-likeness (QED) is 0.627. The number of aryl methyl sites for hydroxylation is 1. The molecule has 5 nitrogen and oxygen atoms in total. The van der Waals surface area contributed by atoms with E-state index in [1.54, 1.807) is 7.11 Å². The van der Waals surface area contributed by atoms with E-state index in [0.29, 0.717) is 26.1 Å². The molecule has 0 aromatic heterocycles. The first-order valence-electron chi connectivity index (χ1n) is 10.5. The van der Waals surface area contributed by atoms with Crippen LogP contribution in [-0.4, -0.2) is 56.8 Å². The Morgan fingerprint density at radius 2 is 1.90 bits per heavy atom. The average molecular weight is 397 g/mol. The zero-order valence-corrected chi connectivity index (χ0v) is 17.3. The highest BCUT2D eigenvalue weighted by atomic mass is 16.5.